The van der Waals surface area contributed by atoms with E-state index < -0.39 is 0 Å². The second-order valence-corrected chi connectivity index (χ2v) is 7.57. The summed E-state index contributed by atoms with van der Waals surface area (Å²) in [7, 11) is 0. The van der Waals surface area contributed by atoms with Gasteiger partial charge in [-0.3, -0.25) is 4.79 Å². The summed E-state index contributed by atoms with van der Waals surface area (Å²) in [4.78, 5) is 18.8. The average Bonchev–Trinajstić information content (AvgIpc) is 3.07. The number of hydrogen-bond donors (Lipinski definition) is 1. The van der Waals surface area contributed by atoms with E-state index in [1.165, 1.54) is 22.5 Å². The summed E-state index contributed by atoms with van der Waals surface area (Å²) in [5, 5.41) is 5.14. The minimum atomic E-state index is -0.0483. The van der Waals surface area contributed by atoms with E-state index >= 15 is 0 Å². The lowest BCUT2D eigenvalue weighted by molar-refractivity contribution is 0.0955. The van der Waals surface area contributed by atoms with E-state index in [0.717, 1.165) is 33.1 Å². The number of aryl methyl sites for hydroxylation is 2. The standard InChI is InChI=1S/C22H20N2OS/c1-3-15-5-7-16(8-6-15)13-23-21(25)20-12-18-11-17-10-14(2)4-9-19(17)24-22(18)26-20/h4-12H,3,13H2,1-2H3,(H,23,25). The first kappa shape index (κ1) is 16.7. The maximum absolute atomic E-state index is 12.5. The molecule has 26 heavy (non-hydrogen) atoms. The zero-order valence-corrected chi connectivity index (χ0v) is 15.7. The second-order valence-electron chi connectivity index (χ2n) is 6.54. The van der Waals surface area contributed by atoms with Gasteiger partial charge in [0.25, 0.3) is 5.91 Å². The van der Waals surface area contributed by atoms with Crippen LogP contribution < -0.4 is 5.32 Å². The van der Waals surface area contributed by atoms with E-state index in [4.69, 9.17) is 4.98 Å². The van der Waals surface area contributed by atoms with Crippen molar-refractivity contribution in [3.63, 3.8) is 0 Å². The van der Waals surface area contributed by atoms with E-state index in [9.17, 15) is 4.79 Å². The first-order valence-electron chi connectivity index (χ1n) is 8.79. The molecule has 2 aromatic carbocycles. The molecule has 0 fully saturated rings. The van der Waals surface area contributed by atoms with Crippen molar-refractivity contribution in [2.75, 3.05) is 0 Å². The van der Waals surface area contributed by atoms with Crippen molar-refractivity contribution in [1.29, 1.82) is 0 Å². The van der Waals surface area contributed by atoms with E-state index in [1.807, 2.05) is 12.1 Å². The minimum absolute atomic E-state index is 0.0483. The van der Waals surface area contributed by atoms with Crippen LogP contribution in [0.1, 0.15) is 33.3 Å². The molecule has 0 spiro atoms. The van der Waals surface area contributed by atoms with E-state index in [2.05, 4.69) is 61.6 Å². The average molecular weight is 360 g/mol. The molecule has 130 valence electrons. The molecule has 0 atom stereocenters. The molecule has 0 saturated heterocycles. The molecule has 2 aromatic heterocycles. The molecule has 4 rings (SSSR count). The molecule has 2 heterocycles. The maximum atomic E-state index is 12.5. The molecule has 3 nitrogen and oxygen atoms in total. The maximum Gasteiger partial charge on any atom is 0.261 e. The number of fused-ring (bicyclic) bond motifs is 2. The fraction of sp³-hybridized carbons (Fsp3) is 0.182. The normalized spacial score (nSPS) is 11.2. The molecule has 1 N–H and O–H groups in total. The Morgan fingerprint density at radius 3 is 2.54 bits per heavy atom. The van der Waals surface area contributed by atoms with Crippen molar-refractivity contribution in [1.82, 2.24) is 10.3 Å². The van der Waals surface area contributed by atoms with Crippen LogP contribution in [0.15, 0.2) is 54.6 Å². The lowest BCUT2D eigenvalue weighted by Gasteiger charge is -2.04. The third-order valence-electron chi connectivity index (χ3n) is 4.56. The van der Waals surface area contributed by atoms with Gasteiger partial charge >= 0.3 is 0 Å². The van der Waals surface area contributed by atoms with Gasteiger partial charge in [-0.2, -0.15) is 0 Å². The van der Waals surface area contributed by atoms with Crippen LogP contribution in [-0.4, -0.2) is 10.9 Å². The number of aromatic nitrogens is 1. The fourth-order valence-corrected chi connectivity index (χ4v) is 3.97. The van der Waals surface area contributed by atoms with Crippen molar-refractivity contribution in [2.45, 2.75) is 26.8 Å². The lowest BCUT2D eigenvalue weighted by Crippen LogP contribution is -2.21. The first-order valence-corrected chi connectivity index (χ1v) is 9.61. The topological polar surface area (TPSA) is 42.0 Å². The predicted molar refractivity (Wildman–Crippen MR) is 109 cm³/mol. The van der Waals surface area contributed by atoms with Gasteiger partial charge in [-0.25, -0.2) is 4.98 Å². The summed E-state index contributed by atoms with van der Waals surface area (Å²) in [6.07, 6.45) is 1.02. The fourth-order valence-electron chi connectivity index (χ4n) is 3.03. The number of pyridine rings is 1. The highest BCUT2D eigenvalue weighted by molar-refractivity contribution is 7.20. The summed E-state index contributed by atoms with van der Waals surface area (Å²) in [6, 6.07) is 18.6. The number of carbonyl (C=O) groups excluding carboxylic acids is 1. The zero-order chi connectivity index (χ0) is 18.1. The van der Waals surface area contributed by atoms with Gasteiger partial charge in [-0.1, -0.05) is 42.8 Å². The van der Waals surface area contributed by atoms with E-state index in [1.54, 1.807) is 0 Å². The number of benzene rings is 2. The Bertz CT molecular complexity index is 1100. The van der Waals surface area contributed by atoms with Crippen molar-refractivity contribution in [3.05, 3.63) is 76.2 Å². The highest BCUT2D eigenvalue weighted by Gasteiger charge is 2.12. The molecule has 4 aromatic rings. The van der Waals surface area contributed by atoms with Crippen molar-refractivity contribution < 1.29 is 4.79 Å². The van der Waals surface area contributed by atoms with E-state index in [-0.39, 0.29) is 5.91 Å². The van der Waals surface area contributed by atoms with Gasteiger partial charge in [-0.05, 0) is 48.7 Å². The molecule has 4 heteroatoms. The number of hydrogen-bond acceptors (Lipinski definition) is 3. The zero-order valence-electron chi connectivity index (χ0n) is 14.9. The van der Waals surface area contributed by atoms with Crippen LogP contribution in [0.25, 0.3) is 21.1 Å². The minimum Gasteiger partial charge on any atom is -0.347 e. The largest absolute Gasteiger partial charge is 0.347 e. The Labute approximate surface area is 156 Å². The number of carbonyl (C=O) groups is 1. The Morgan fingerprint density at radius 2 is 1.77 bits per heavy atom. The second kappa shape index (κ2) is 6.89. The Kier molecular flexibility index (Phi) is 4.43. The lowest BCUT2D eigenvalue weighted by atomic mass is 10.1. The van der Waals surface area contributed by atoms with Crippen LogP contribution in [0.2, 0.25) is 0 Å². The van der Waals surface area contributed by atoms with Crippen LogP contribution in [0.4, 0.5) is 0 Å². The van der Waals surface area contributed by atoms with Crippen LogP contribution in [-0.2, 0) is 13.0 Å². The van der Waals surface area contributed by atoms with E-state index in [0.29, 0.717) is 11.4 Å². The molecular formula is C22H20N2OS. The molecule has 0 unspecified atom stereocenters. The molecule has 1 amide bonds. The summed E-state index contributed by atoms with van der Waals surface area (Å²) in [6.45, 7) is 4.74. The summed E-state index contributed by atoms with van der Waals surface area (Å²) < 4.78 is 0. The van der Waals surface area contributed by atoms with Gasteiger partial charge < -0.3 is 5.32 Å². The first-order chi connectivity index (χ1) is 12.6. The number of amides is 1. The van der Waals surface area contributed by atoms with Crippen molar-refractivity contribution >= 4 is 38.4 Å². The third kappa shape index (κ3) is 3.33. The number of rotatable bonds is 4. The van der Waals surface area contributed by atoms with Gasteiger partial charge in [0.2, 0.25) is 0 Å². The van der Waals surface area contributed by atoms with Crippen LogP contribution in [0.5, 0.6) is 0 Å². The Morgan fingerprint density at radius 1 is 1.00 bits per heavy atom. The van der Waals surface area contributed by atoms with Crippen molar-refractivity contribution in [2.24, 2.45) is 0 Å². The third-order valence-corrected chi connectivity index (χ3v) is 5.61. The van der Waals surface area contributed by atoms with Crippen LogP contribution >= 0.6 is 11.3 Å². The molecule has 0 aliphatic heterocycles. The van der Waals surface area contributed by atoms with Gasteiger partial charge in [-0.15, -0.1) is 11.3 Å². The van der Waals surface area contributed by atoms with Gasteiger partial charge in [0, 0.05) is 17.3 Å². The monoisotopic (exact) mass is 360 g/mol. The molecule has 0 radical (unpaired) electrons. The number of nitrogens with one attached hydrogen (secondary N) is 1. The van der Waals surface area contributed by atoms with Crippen LogP contribution in [0.3, 0.4) is 0 Å². The molecular weight excluding hydrogens is 340 g/mol. The van der Waals surface area contributed by atoms with Crippen molar-refractivity contribution in [3.8, 4) is 0 Å². The molecule has 0 bridgehead atoms. The molecule has 0 aliphatic carbocycles. The quantitative estimate of drug-likeness (QED) is 0.540. The predicted octanol–water partition coefficient (Wildman–Crippen LogP) is 5.25. The van der Waals surface area contributed by atoms with Crippen LogP contribution in [0, 0.1) is 6.92 Å². The Balaban J connectivity index is 1.55. The summed E-state index contributed by atoms with van der Waals surface area (Å²) in [5.41, 5.74) is 4.59. The Hall–Kier alpha value is -2.72. The molecule has 0 aliphatic rings. The SMILES string of the molecule is CCc1ccc(CNC(=O)c2cc3cc4cc(C)ccc4nc3s2)cc1. The molecule has 0 saturated carbocycles. The highest BCUT2D eigenvalue weighted by Crippen LogP contribution is 2.28. The summed E-state index contributed by atoms with van der Waals surface area (Å²) in [5.74, 6) is -0.0483. The van der Waals surface area contributed by atoms with Gasteiger partial charge in [0.1, 0.15) is 4.83 Å². The number of thiophene rings is 1. The summed E-state index contributed by atoms with van der Waals surface area (Å²) >= 11 is 1.44. The highest BCUT2D eigenvalue weighted by atomic mass is 32.1. The van der Waals surface area contributed by atoms with Gasteiger partial charge in [0.15, 0.2) is 0 Å². The smallest absolute Gasteiger partial charge is 0.261 e. The van der Waals surface area contributed by atoms with Gasteiger partial charge in [0.05, 0.1) is 10.4 Å². The number of nitrogens with zero attached hydrogens (tertiary/aromatic N) is 1.